The van der Waals surface area contributed by atoms with Gasteiger partial charge in [0.05, 0.1) is 5.69 Å². The minimum absolute atomic E-state index is 0.204. The maximum atomic E-state index is 12.8. The molecule has 2 amide bonds. The highest BCUT2D eigenvalue weighted by atomic mass is 19.1. The lowest BCUT2D eigenvalue weighted by atomic mass is 10.1. The number of benzene rings is 2. The molecule has 0 radical (unpaired) electrons. The number of ether oxygens (including phenoxy) is 1. The molecule has 118 valence electrons. The van der Waals surface area contributed by atoms with E-state index in [1.54, 1.807) is 19.1 Å². The van der Waals surface area contributed by atoms with Gasteiger partial charge in [0.1, 0.15) is 11.6 Å². The van der Waals surface area contributed by atoms with Crippen LogP contribution >= 0.6 is 0 Å². The summed E-state index contributed by atoms with van der Waals surface area (Å²) in [5, 5.41) is 5.50. The van der Waals surface area contributed by atoms with Crippen molar-refractivity contribution in [1.82, 2.24) is 5.32 Å². The van der Waals surface area contributed by atoms with Crippen molar-refractivity contribution < 1.29 is 18.7 Å². The standard InChI is InChI=1S/C17H15FN2O3/c1-10-16(21)20-14-8-11(2-7-15(14)23-10)9-19-17(22)12-3-5-13(18)6-4-12/h2-8,10H,9H2,1H3,(H,19,22)(H,20,21). The largest absolute Gasteiger partial charge is 0.479 e. The van der Waals surface area contributed by atoms with Crippen LogP contribution < -0.4 is 15.4 Å². The summed E-state index contributed by atoms with van der Waals surface area (Å²) >= 11 is 0. The fourth-order valence-electron chi connectivity index (χ4n) is 2.25. The van der Waals surface area contributed by atoms with Gasteiger partial charge in [-0.3, -0.25) is 9.59 Å². The van der Waals surface area contributed by atoms with Crippen LogP contribution in [0.2, 0.25) is 0 Å². The Morgan fingerprint density at radius 1 is 1.26 bits per heavy atom. The number of amides is 2. The van der Waals surface area contributed by atoms with E-state index in [0.717, 1.165) is 5.56 Å². The maximum Gasteiger partial charge on any atom is 0.265 e. The van der Waals surface area contributed by atoms with Crippen molar-refractivity contribution in [2.24, 2.45) is 0 Å². The molecule has 0 spiro atoms. The number of carbonyl (C=O) groups excluding carboxylic acids is 2. The SMILES string of the molecule is CC1Oc2ccc(CNC(=O)c3ccc(F)cc3)cc2NC1=O. The van der Waals surface area contributed by atoms with Gasteiger partial charge in [0.2, 0.25) is 0 Å². The summed E-state index contributed by atoms with van der Waals surface area (Å²) in [6.45, 7) is 1.96. The fraction of sp³-hybridized carbons (Fsp3) is 0.176. The Kier molecular flexibility index (Phi) is 3.97. The van der Waals surface area contributed by atoms with Crippen molar-refractivity contribution in [3.8, 4) is 5.75 Å². The van der Waals surface area contributed by atoms with Crippen molar-refractivity contribution in [2.75, 3.05) is 5.32 Å². The minimum Gasteiger partial charge on any atom is -0.479 e. The number of rotatable bonds is 3. The Bertz CT molecular complexity index is 759. The molecule has 0 aromatic heterocycles. The third-order valence-electron chi connectivity index (χ3n) is 3.53. The third kappa shape index (κ3) is 3.31. The molecule has 0 bridgehead atoms. The van der Waals surface area contributed by atoms with Gasteiger partial charge in [0.15, 0.2) is 6.10 Å². The summed E-state index contributed by atoms with van der Waals surface area (Å²) in [6, 6.07) is 10.6. The number of hydrogen-bond donors (Lipinski definition) is 2. The first-order chi connectivity index (χ1) is 11.0. The Hall–Kier alpha value is -2.89. The summed E-state index contributed by atoms with van der Waals surface area (Å²) in [6.07, 6.45) is -0.522. The van der Waals surface area contributed by atoms with E-state index in [1.807, 2.05) is 6.07 Å². The third-order valence-corrected chi connectivity index (χ3v) is 3.53. The first kappa shape index (κ1) is 15.0. The molecule has 0 aliphatic carbocycles. The second-order valence-electron chi connectivity index (χ2n) is 5.27. The van der Waals surface area contributed by atoms with Gasteiger partial charge in [-0.2, -0.15) is 0 Å². The zero-order chi connectivity index (χ0) is 16.4. The number of fused-ring (bicyclic) bond motifs is 1. The Morgan fingerprint density at radius 3 is 2.74 bits per heavy atom. The van der Waals surface area contributed by atoms with Gasteiger partial charge in [-0.05, 0) is 48.9 Å². The number of nitrogens with one attached hydrogen (secondary N) is 2. The van der Waals surface area contributed by atoms with E-state index in [9.17, 15) is 14.0 Å². The van der Waals surface area contributed by atoms with E-state index in [0.29, 0.717) is 17.0 Å². The zero-order valence-electron chi connectivity index (χ0n) is 12.4. The van der Waals surface area contributed by atoms with Crippen LogP contribution in [0.25, 0.3) is 0 Å². The fourth-order valence-corrected chi connectivity index (χ4v) is 2.25. The van der Waals surface area contributed by atoms with Gasteiger partial charge in [-0.15, -0.1) is 0 Å². The first-order valence-electron chi connectivity index (χ1n) is 7.17. The van der Waals surface area contributed by atoms with Gasteiger partial charge in [0, 0.05) is 12.1 Å². The van der Waals surface area contributed by atoms with Crippen molar-refractivity contribution in [3.05, 3.63) is 59.4 Å². The zero-order valence-corrected chi connectivity index (χ0v) is 12.4. The molecule has 2 N–H and O–H groups in total. The normalized spacial score (nSPS) is 16.1. The number of anilines is 1. The predicted octanol–water partition coefficient (Wildman–Crippen LogP) is 2.48. The first-order valence-corrected chi connectivity index (χ1v) is 7.17. The molecule has 0 saturated heterocycles. The smallest absolute Gasteiger partial charge is 0.265 e. The van der Waals surface area contributed by atoms with E-state index in [-0.39, 0.29) is 24.2 Å². The molecule has 2 aromatic rings. The molecule has 1 heterocycles. The average Bonchev–Trinajstić information content (AvgIpc) is 2.54. The van der Waals surface area contributed by atoms with Crippen LogP contribution in [0.15, 0.2) is 42.5 Å². The van der Waals surface area contributed by atoms with Crippen LogP contribution in [-0.2, 0) is 11.3 Å². The van der Waals surface area contributed by atoms with E-state index in [1.165, 1.54) is 24.3 Å². The number of carbonyl (C=O) groups is 2. The molecule has 2 aromatic carbocycles. The molecule has 0 fully saturated rings. The van der Waals surface area contributed by atoms with E-state index < -0.39 is 6.10 Å². The second-order valence-corrected chi connectivity index (χ2v) is 5.27. The number of hydrogen-bond acceptors (Lipinski definition) is 3. The molecule has 1 aliphatic rings. The van der Waals surface area contributed by atoms with Crippen LogP contribution in [0, 0.1) is 5.82 Å². The second kappa shape index (κ2) is 6.08. The topological polar surface area (TPSA) is 67.4 Å². The van der Waals surface area contributed by atoms with Crippen LogP contribution in [0.1, 0.15) is 22.8 Å². The molecular weight excluding hydrogens is 299 g/mol. The molecule has 1 aliphatic heterocycles. The Morgan fingerprint density at radius 2 is 2.00 bits per heavy atom. The molecule has 5 nitrogen and oxygen atoms in total. The van der Waals surface area contributed by atoms with Gasteiger partial charge < -0.3 is 15.4 Å². The van der Waals surface area contributed by atoms with Crippen molar-refractivity contribution >= 4 is 17.5 Å². The molecular formula is C17H15FN2O3. The van der Waals surface area contributed by atoms with Crippen LogP contribution in [0.5, 0.6) is 5.75 Å². The summed E-state index contributed by atoms with van der Waals surface area (Å²) in [7, 11) is 0. The molecule has 3 rings (SSSR count). The van der Waals surface area contributed by atoms with Gasteiger partial charge in [0.25, 0.3) is 11.8 Å². The van der Waals surface area contributed by atoms with E-state index in [2.05, 4.69) is 10.6 Å². The van der Waals surface area contributed by atoms with E-state index in [4.69, 9.17) is 4.74 Å². The lowest BCUT2D eigenvalue weighted by Crippen LogP contribution is -2.34. The quantitative estimate of drug-likeness (QED) is 0.914. The molecule has 0 saturated carbocycles. The summed E-state index contributed by atoms with van der Waals surface area (Å²) < 4.78 is 18.3. The van der Waals surface area contributed by atoms with Crippen molar-refractivity contribution in [1.29, 1.82) is 0 Å². The Labute approximate surface area is 132 Å². The highest BCUT2D eigenvalue weighted by molar-refractivity contribution is 5.97. The van der Waals surface area contributed by atoms with Crippen LogP contribution in [0.4, 0.5) is 10.1 Å². The average molecular weight is 314 g/mol. The summed E-state index contributed by atoms with van der Waals surface area (Å²) in [4.78, 5) is 23.6. The van der Waals surface area contributed by atoms with Gasteiger partial charge in [-0.1, -0.05) is 6.07 Å². The van der Waals surface area contributed by atoms with E-state index >= 15 is 0 Å². The summed E-state index contributed by atoms with van der Waals surface area (Å²) in [5.74, 6) is -0.284. The Balaban J connectivity index is 1.67. The molecule has 1 unspecified atom stereocenters. The lowest BCUT2D eigenvalue weighted by molar-refractivity contribution is -0.122. The molecule has 1 atom stereocenters. The lowest BCUT2D eigenvalue weighted by Gasteiger charge is -2.23. The van der Waals surface area contributed by atoms with Gasteiger partial charge in [-0.25, -0.2) is 4.39 Å². The summed E-state index contributed by atoms with van der Waals surface area (Å²) in [5.41, 5.74) is 1.79. The highest BCUT2D eigenvalue weighted by Crippen LogP contribution is 2.30. The monoisotopic (exact) mass is 314 g/mol. The maximum absolute atomic E-state index is 12.8. The van der Waals surface area contributed by atoms with Gasteiger partial charge >= 0.3 is 0 Å². The number of halogens is 1. The minimum atomic E-state index is -0.522. The van der Waals surface area contributed by atoms with Crippen LogP contribution in [-0.4, -0.2) is 17.9 Å². The molecule has 6 heteroatoms. The van der Waals surface area contributed by atoms with Crippen molar-refractivity contribution in [2.45, 2.75) is 19.6 Å². The predicted molar refractivity (Wildman–Crippen MR) is 82.7 cm³/mol. The highest BCUT2D eigenvalue weighted by Gasteiger charge is 2.23. The molecule has 23 heavy (non-hydrogen) atoms. The van der Waals surface area contributed by atoms with Crippen LogP contribution in [0.3, 0.4) is 0 Å². The van der Waals surface area contributed by atoms with Crippen molar-refractivity contribution in [3.63, 3.8) is 0 Å².